The van der Waals surface area contributed by atoms with Crippen LogP contribution in [0.5, 0.6) is 0 Å². The molecule has 3 nitrogen and oxygen atoms in total. The maximum atomic E-state index is 10.3. The number of carboxylic acids is 1. The largest absolute Gasteiger partial charge is 1.00 e. The van der Waals surface area contributed by atoms with E-state index in [0.717, 1.165) is 25.9 Å². The average Bonchev–Trinajstić information content (AvgIpc) is 1.88. The third-order valence-corrected chi connectivity index (χ3v) is 2.05. The molecule has 0 saturated carbocycles. The van der Waals surface area contributed by atoms with E-state index in [2.05, 4.69) is 4.90 Å². The number of hydrogen-bond donors (Lipinski definition) is 0. The molecule has 4 heteroatoms. The van der Waals surface area contributed by atoms with Crippen molar-refractivity contribution in [3.63, 3.8) is 0 Å². The molecule has 0 atom stereocenters. The molecule has 1 heterocycles. The quantitative estimate of drug-likeness (QED) is 0.373. The summed E-state index contributed by atoms with van der Waals surface area (Å²) in [5.74, 6) is -1.08. The zero-order chi connectivity index (χ0) is 7.56. The summed E-state index contributed by atoms with van der Waals surface area (Å²) in [6, 6.07) is 0. The van der Waals surface area contributed by atoms with Crippen LogP contribution in [0.4, 0.5) is 0 Å². The Hall–Kier alpha value is 0.430. The van der Waals surface area contributed by atoms with E-state index in [1.165, 1.54) is 0 Å². The normalized spacial score (nSPS) is 20.8. The van der Waals surface area contributed by atoms with Crippen LogP contribution in [0.3, 0.4) is 0 Å². The number of rotatable bonds is 1. The molecule has 0 spiro atoms. The fourth-order valence-corrected chi connectivity index (χ4v) is 1.24. The second-order valence-electron chi connectivity index (χ2n) is 2.90. The number of likely N-dealkylation sites (tertiary alicyclic amines) is 1. The Labute approximate surface area is 89.1 Å². The Balaban J connectivity index is 0.000001000. The van der Waals surface area contributed by atoms with Crippen LogP contribution < -0.4 is 34.7 Å². The summed E-state index contributed by atoms with van der Waals surface area (Å²) in [6.07, 6.45) is 1.50. The number of carboxylic acid groups (broad SMARTS) is 1. The number of nitrogens with zero attached hydrogens (tertiary/aromatic N) is 1. The second-order valence-corrected chi connectivity index (χ2v) is 2.90. The van der Waals surface area contributed by atoms with Crippen molar-refractivity contribution in [2.45, 2.75) is 12.8 Å². The van der Waals surface area contributed by atoms with Gasteiger partial charge in [-0.1, -0.05) is 0 Å². The zero-order valence-electron chi connectivity index (χ0n) is 7.17. The van der Waals surface area contributed by atoms with Crippen LogP contribution in [0.1, 0.15) is 12.8 Å². The minimum Gasteiger partial charge on any atom is -0.550 e. The molecule has 0 unspecified atom stereocenters. The fourth-order valence-electron chi connectivity index (χ4n) is 1.24. The Bertz CT molecular complexity index is 132. The molecule has 0 bridgehead atoms. The van der Waals surface area contributed by atoms with E-state index < -0.39 is 5.97 Å². The van der Waals surface area contributed by atoms with E-state index in [9.17, 15) is 9.90 Å². The first-order valence-corrected chi connectivity index (χ1v) is 3.59. The predicted octanol–water partition coefficient (Wildman–Crippen LogP) is -3.92. The molecule has 1 aliphatic heterocycles. The van der Waals surface area contributed by atoms with Crippen LogP contribution in [0.25, 0.3) is 0 Å². The number of aliphatic carboxylic acids is 1. The molecule has 11 heavy (non-hydrogen) atoms. The molecule has 0 N–H and O–H groups in total. The van der Waals surface area contributed by atoms with Gasteiger partial charge in [0.05, 0.1) is 0 Å². The van der Waals surface area contributed by atoms with E-state index in [4.69, 9.17) is 0 Å². The molecular weight excluding hydrogens is 153 g/mol. The molecule has 1 rings (SSSR count). The Morgan fingerprint density at radius 3 is 2.27 bits per heavy atom. The van der Waals surface area contributed by atoms with Gasteiger partial charge in [-0.3, -0.25) is 0 Å². The van der Waals surface area contributed by atoms with Crippen molar-refractivity contribution in [2.24, 2.45) is 5.92 Å². The van der Waals surface area contributed by atoms with Gasteiger partial charge in [0.2, 0.25) is 0 Å². The van der Waals surface area contributed by atoms with Crippen molar-refractivity contribution >= 4 is 5.97 Å². The van der Waals surface area contributed by atoms with Gasteiger partial charge in [0.1, 0.15) is 0 Å². The Kier molecular flexibility index (Phi) is 5.34. The predicted molar refractivity (Wildman–Crippen MR) is 35.2 cm³/mol. The molecule has 0 aromatic carbocycles. The van der Waals surface area contributed by atoms with Crippen LogP contribution in [0.2, 0.25) is 0 Å². The molecule has 0 aromatic heterocycles. The van der Waals surface area contributed by atoms with Gasteiger partial charge in [0, 0.05) is 11.9 Å². The third-order valence-electron chi connectivity index (χ3n) is 2.05. The van der Waals surface area contributed by atoms with E-state index >= 15 is 0 Å². The van der Waals surface area contributed by atoms with E-state index in [-0.39, 0.29) is 35.5 Å². The molecule has 58 valence electrons. The number of carbonyl (C=O) groups is 1. The van der Waals surface area contributed by atoms with Crippen LogP contribution in [-0.4, -0.2) is 31.0 Å². The molecule has 0 aromatic rings. The van der Waals surface area contributed by atoms with E-state index in [0.29, 0.717) is 0 Å². The van der Waals surface area contributed by atoms with Gasteiger partial charge >= 0.3 is 29.6 Å². The summed E-state index contributed by atoms with van der Waals surface area (Å²) < 4.78 is 0. The first-order valence-electron chi connectivity index (χ1n) is 3.59. The molecule has 1 aliphatic rings. The molecule has 1 fully saturated rings. The summed E-state index contributed by atoms with van der Waals surface area (Å²) >= 11 is 0. The van der Waals surface area contributed by atoms with Gasteiger partial charge in [-0.2, -0.15) is 0 Å². The first-order chi connectivity index (χ1) is 4.70. The summed E-state index contributed by atoms with van der Waals surface area (Å²) in [5.41, 5.74) is 0. The second kappa shape index (κ2) is 5.14. The van der Waals surface area contributed by atoms with Crippen molar-refractivity contribution in [2.75, 3.05) is 20.1 Å². The van der Waals surface area contributed by atoms with Crippen LogP contribution in [0, 0.1) is 5.92 Å². The third kappa shape index (κ3) is 3.56. The van der Waals surface area contributed by atoms with Gasteiger partial charge in [0.25, 0.3) is 0 Å². The monoisotopic (exact) mass is 165 g/mol. The fraction of sp³-hybridized carbons (Fsp3) is 0.857. The maximum Gasteiger partial charge on any atom is 1.00 e. The van der Waals surface area contributed by atoms with Gasteiger partial charge in [-0.15, -0.1) is 0 Å². The number of hydrogen-bond acceptors (Lipinski definition) is 3. The molecule has 0 amide bonds. The molecule has 1 saturated heterocycles. The minimum absolute atomic E-state index is 0. The van der Waals surface area contributed by atoms with Gasteiger partial charge in [-0.25, -0.2) is 0 Å². The maximum absolute atomic E-state index is 10.3. The SMILES string of the molecule is CN1CCC(C(=O)[O-])CC1.[Na+]. The number of carbonyl (C=O) groups excluding carboxylic acids is 1. The average molecular weight is 165 g/mol. The summed E-state index contributed by atoms with van der Waals surface area (Å²) in [4.78, 5) is 12.5. The molecule has 0 aliphatic carbocycles. The Morgan fingerprint density at radius 2 is 1.91 bits per heavy atom. The van der Waals surface area contributed by atoms with Crippen molar-refractivity contribution in [1.82, 2.24) is 4.90 Å². The Morgan fingerprint density at radius 1 is 1.45 bits per heavy atom. The first kappa shape index (κ1) is 11.4. The van der Waals surface area contributed by atoms with Crippen molar-refractivity contribution in [3.05, 3.63) is 0 Å². The zero-order valence-corrected chi connectivity index (χ0v) is 9.17. The van der Waals surface area contributed by atoms with Crippen molar-refractivity contribution < 1.29 is 39.5 Å². The summed E-state index contributed by atoms with van der Waals surface area (Å²) in [7, 11) is 2.01. The van der Waals surface area contributed by atoms with Crippen molar-refractivity contribution in [3.8, 4) is 0 Å². The summed E-state index contributed by atoms with van der Waals surface area (Å²) in [6.45, 7) is 1.78. The van der Waals surface area contributed by atoms with Gasteiger partial charge < -0.3 is 14.8 Å². The van der Waals surface area contributed by atoms with E-state index in [1.54, 1.807) is 0 Å². The number of piperidine rings is 1. The van der Waals surface area contributed by atoms with Crippen LogP contribution >= 0.6 is 0 Å². The molecule has 0 radical (unpaired) electrons. The van der Waals surface area contributed by atoms with Crippen LogP contribution in [-0.2, 0) is 4.79 Å². The van der Waals surface area contributed by atoms with Gasteiger partial charge in [0.15, 0.2) is 0 Å². The topological polar surface area (TPSA) is 43.4 Å². The summed E-state index contributed by atoms with van der Waals surface area (Å²) in [5, 5.41) is 10.3. The minimum atomic E-state index is -0.881. The van der Waals surface area contributed by atoms with Crippen LogP contribution in [0.15, 0.2) is 0 Å². The van der Waals surface area contributed by atoms with Crippen molar-refractivity contribution in [1.29, 1.82) is 0 Å². The molecular formula is C7H12NNaO2. The van der Waals surface area contributed by atoms with Gasteiger partial charge in [-0.05, 0) is 33.0 Å². The standard InChI is InChI=1S/C7H13NO2.Na/c1-8-4-2-6(3-5-8)7(9)10;/h6H,2-5H2,1H3,(H,9,10);/q;+1/p-1. The van der Waals surface area contributed by atoms with E-state index in [1.807, 2.05) is 7.05 Å². The smallest absolute Gasteiger partial charge is 0.550 e.